The molecule has 3 aromatic carbocycles. The number of carbonyl (C=O) groups is 3. The van der Waals surface area contributed by atoms with Crippen LogP contribution < -0.4 is 15.1 Å². The number of hydrogen-bond donors (Lipinski definition) is 1. The van der Waals surface area contributed by atoms with Gasteiger partial charge in [-0.2, -0.15) is 0 Å². The fourth-order valence-corrected chi connectivity index (χ4v) is 5.98. The van der Waals surface area contributed by atoms with Crippen molar-refractivity contribution in [3.63, 3.8) is 0 Å². The van der Waals surface area contributed by atoms with Crippen LogP contribution in [-0.2, 0) is 14.4 Å². The van der Waals surface area contributed by atoms with Crippen molar-refractivity contribution in [3.8, 4) is 0 Å². The smallest absolute Gasteiger partial charge is 0.247 e. The van der Waals surface area contributed by atoms with Gasteiger partial charge < -0.3 is 10.2 Å². The molecule has 3 aliphatic rings. The number of carbonyl (C=O) groups excluding carboxylic acids is 3. The largest absolute Gasteiger partial charge is 0.351 e. The van der Waals surface area contributed by atoms with Crippen LogP contribution in [0, 0.1) is 25.7 Å². The van der Waals surface area contributed by atoms with Gasteiger partial charge in [-0.05, 0) is 61.4 Å². The molecule has 7 heteroatoms. The van der Waals surface area contributed by atoms with E-state index in [4.69, 9.17) is 11.6 Å². The molecule has 3 amide bonds. The molecule has 1 N–H and O–H groups in total. The minimum atomic E-state index is -0.853. The number of fused-ring (bicyclic) bond motifs is 5. The van der Waals surface area contributed by atoms with Crippen LogP contribution in [0.4, 0.5) is 17.1 Å². The Morgan fingerprint density at radius 1 is 0.889 bits per heavy atom. The Balaban J connectivity index is 1.44. The van der Waals surface area contributed by atoms with Crippen molar-refractivity contribution in [2.45, 2.75) is 25.9 Å². The highest BCUT2D eigenvalue weighted by Crippen LogP contribution is 2.49. The minimum Gasteiger partial charge on any atom is -0.351 e. The lowest BCUT2D eigenvalue weighted by Crippen LogP contribution is -2.50. The van der Waals surface area contributed by atoms with E-state index in [2.05, 4.69) is 5.32 Å². The van der Waals surface area contributed by atoms with Crippen LogP contribution in [-0.4, -0.2) is 29.8 Å². The summed E-state index contributed by atoms with van der Waals surface area (Å²) < 4.78 is 0. The molecule has 36 heavy (non-hydrogen) atoms. The molecule has 3 aliphatic heterocycles. The molecule has 0 aromatic heterocycles. The summed E-state index contributed by atoms with van der Waals surface area (Å²) in [5.41, 5.74) is 4.84. The van der Waals surface area contributed by atoms with E-state index in [0.29, 0.717) is 16.4 Å². The predicted molar refractivity (Wildman–Crippen MR) is 141 cm³/mol. The summed E-state index contributed by atoms with van der Waals surface area (Å²) in [6.07, 6.45) is 3.93. The van der Waals surface area contributed by atoms with E-state index in [0.717, 1.165) is 22.4 Å². The summed E-state index contributed by atoms with van der Waals surface area (Å²) in [6, 6.07) is 19.0. The molecule has 0 radical (unpaired) electrons. The van der Waals surface area contributed by atoms with Crippen molar-refractivity contribution in [1.82, 2.24) is 0 Å². The van der Waals surface area contributed by atoms with Crippen molar-refractivity contribution >= 4 is 52.5 Å². The van der Waals surface area contributed by atoms with Gasteiger partial charge >= 0.3 is 0 Å². The van der Waals surface area contributed by atoms with Crippen molar-refractivity contribution in [1.29, 1.82) is 0 Å². The first-order valence-corrected chi connectivity index (χ1v) is 12.3. The Hall–Kier alpha value is -3.90. The molecule has 0 spiro atoms. The quantitative estimate of drug-likeness (QED) is 0.518. The topological polar surface area (TPSA) is 69.7 Å². The second kappa shape index (κ2) is 8.35. The Morgan fingerprint density at radius 3 is 2.36 bits per heavy atom. The maximum absolute atomic E-state index is 14.0. The molecule has 6 nitrogen and oxygen atoms in total. The molecule has 2 saturated heterocycles. The zero-order valence-corrected chi connectivity index (χ0v) is 20.6. The third-order valence-corrected chi connectivity index (χ3v) is 7.64. The van der Waals surface area contributed by atoms with E-state index in [1.807, 2.05) is 73.4 Å². The van der Waals surface area contributed by atoms with Gasteiger partial charge in [0.1, 0.15) is 6.04 Å². The van der Waals surface area contributed by atoms with Crippen LogP contribution in [0.2, 0.25) is 5.02 Å². The summed E-state index contributed by atoms with van der Waals surface area (Å²) in [5, 5.41) is 3.51. The highest BCUT2D eigenvalue weighted by molar-refractivity contribution is 6.30. The van der Waals surface area contributed by atoms with E-state index in [1.165, 1.54) is 4.90 Å². The molecule has 3 aromatic rings. The number of para-hydroxylation sites is 1. The Bertz CT molecular complexity index is 1450. The zero-order valence-electron chi connectivity index (χ0n) is 19.8. The van der Waals surface area contributed by atoms with Gasteiger partial charge in [-0.1, -0.05) is 59.6 Å². The van der Waals surface area contributed by atoms with Gasteiger partial charge in [-0.3, -0.25) is 14.4 Å². The number of imide groups is 1. The van der Waals surface area contributed by atoms with Gasteiger partial charge in [0.05, 0.1) is 23.6 Å². The lowest BCUT2D eigenvalue weighted by molar-refractivity contribution is -0.126. The van der Waals surface area contributed by atoms with E-state index in [9.17, 15) is 14.4 Å². The average Bonchev–Trinajstić information content (AvgIpc) is 3.34. The summed E-state index contributed by atoms with van der Waals surface area (Å²) in [7, 11) is 0. The Labute approximate surface area is 214 Å². The molecular formula is C29H24ClN3O3. The number of anilines is 3. The van der Waals surface area contributed by atoms with Gasteiger partial charge in [-0.25, -0.2) is 4.90 Å². The number of rotatable bonds is 3. The van der Waals surface area contributed by atoms with Crippen molar-refractivity contribution in [2.24, 2.45) is 11.8 Å². The number of nitrogens with one attached hydrogen (secondary N) is 1. The van der Waals surface area contributed by atoms with Crippen molar-refractivity contribution in [2.75, 3.05) is 15.1 Å². The summed E-state index contributed by atoms with van der Waals surface area (Å²) in [4.78, 5) is 44.9. The van der Waals surface area contributed by atoms with Crippen LogP contribution in [0.15, 0.2) is 72.8 Å². The van der Waals surface area contributed by atoms with Gasteiger partial charge in [-0.15, -0.1) is 0 Å². The van der Waals surface area contributed by atoms with Crippen LogP contribution >= 0.6 is 11.6 Å². The first-order valence-electron chi connectivity index (χ1n) is 11.9. The first-order chi connectivity index (χ1) is 17.3. The molecule has 0 bridgehead atoms. The minimum absolute atomic E-state index is 0.266. The Kier molecular flexibility index (Phi) is 5.23. The normalized spacial score (nSPS) is 24.0. The molecule has 6 rings (SSSR count). The van der Waals surface area contributed by atoms with Crippen LogP contribution in [0.3, 0.4) is 0 Å². The van der Waals surface area contributed by atoms with E-state index in [-0.39, 0.29) is 17.7 Å². The second-order valence-corrected chi connectivity index (χ2v) is 10.0. The third-order valence-electron chi connectivity index (χ3n) is 7.39. The van der Waals surface area contributed by atoms with Gasteiger partial charge in [0, 0.05) is 16.4 Å². The molecule has 180 valence electrons. The average molecular weight is 498 g/mol. The SMILES string of the molecule is Cc1ccc(N2C(=O)[C@@H]3[C@H](C2=O)[C@H](C(=O)Nc2ccc(Cl)cc2)N2c4ccccc4C=C[C@H]32)c(C)c1. The molecule has 2 fully saturated rings. The fraction of sp³-hybridized carbons (Fsp3) is 0.207. The fourth-order valence-electron chi connectivity index (χ4n) is 5.86. The van der Waals surface area contributed by atoms with Crippen LogP contribution in [0.1, 0.15) is 16.7 Å². The maximum Gasteiger partial charge on any atom is 0.247 e. The van der Waals surface area contributed by atoms with E-state index in [1.54, 1.807) is 24.3 Å². The van der Waals surface area contributed by atoms with Crippen molar-refractivity contribution < 1.29 is 14.4 Å². The molecule has 0 aliphatic carbocycles. The Morgan fingerprint density at radius 2 is 1.61 bits per heavy atom. The lowest BCUT2D eigenvalue weighted by Gasteiger charge is -2.36. The number of halogens is 1. The predicted octanol–water partition coefficient (Wildman–Crippen LogP) is 4.99. The monoisotopic (exact) mass is 497 g/mol. The molecular weight excluding hydrogens is 474 g/mol. The van der Waals surface area contributed by atoms with Crippen LogP contribution in [0.25, 0.3) is 6.08 Å². The lowest BCUT2D eigenvalue weighted by atomic mass is 9.88. The molecule has 4 atom stereocenters. The third kappa shape index (κ3) is 3.36. The van der Waals surface area contributed by atoms with Gasteiger partial charge in [0.15, 0.2) is 0 Å². The van der Waals surface area contributed by atoms with E-state index < -0.39 is 23.9 Å². The maximum atomic E-state index is 14.0. The second-order valence-electron chi connectivity index (χ2n) is 9.61. The number of aryl methyl sites for hydroxylation is 2. The number of benzene rings is 3. The van der Waals surface area contributed by atoms with Crippen LogP contribution in [0.5, 0.6) is 0 Å². The van der Waals surface area contributed by atoms with Gasteiger partial charge in [0.2, 0.25) is 17.7 Å². The summed E-state index contributed by atoms with van der Waals surface area (Å²) >= 11 is 6.01. The highest BCUT2D eigenvalue weighted by atomic mass is 35.5. The van der Waals surface area contributed by atoms with Crippen molar-refractivity contribution in [3.05, 3.63) is 94.5 Å². The summed E-state index contributed by atoms with van der Waals surface area (Å²) in [5.74, 6) is -2.41. The number of amides is 3. The highest BCUT2D eigenvalue weighted by Gasteiger charge is 2.64. The van der Waals surface area contributed by atoms with E-state index >= 15 is 0 Å². The molecule has 3 heterocycles. The number of hydrogen-bond acceptors (Lipinski definition) is 4. The molecule has 0 unspecified atom stereocenters. The first kappa shape index (κ1) is 22.6. The standard InChI is InChI=1S/C29H24ClN3O3/c1-16-7-13-21(17(2)15-16)33-28(35)24-23-14-8-18-5-3-4-6-22(18)32(23)26(25(24)29(33)36)27(34)31-20-11-9-19(30)10-12-20/h3-15,23-26H,1-2H3,(H,31,34)/t23-,24+,25+,26-/m1/s1. The zero-order chi connectivity index (χ0) is 25.1. The summed E-state index contributed by atoms with van der Waals surface area (Å²) in [6.45, 7) is 3.86. The number of nitrogens with zero attached hydrogens (tertiary/aromatic N) is 2. The molecule has 0 saturated carbocycles. The van der Waals surface area contributed by atoms with Gasteiger partial charge in [0.25, 0.3) is 0 Å².